The molecule has 2 N–H and O–H groups in total. The van der Waals surface area contributed by atoms with Gasteiger partial charge in [0.1, 0.15) is 16.7 Å². The van der Waals surface area contributed by atoms with Crippen molar-refractivity contribution in [2.24, 2.45) is 5.73 Å². The molecular weight excluding hydrogens is 184 g/mol. The summed E-state index contributed by atoms with van der Waals surface area (Å²) in [7, 11) is 0. The van der Waals surface area contributed by atoms with E-state index in [0.29, 0.717) is 0 Å². The molecule has 0 unspecified atom stereocenters. The van der Waals surface area contributed by atoms with Gasteiger partial charge in [-0.3, -0.25) is 0 Å². The van der Waals surface area contributed by atoms with Gasteiger partial charge in [-0.1, -0.05) is 24.6 Å². The van der Waals surface area contributed by atoms with Crippen LogP contribution in [-0.4, -0.2) is 6.54 Å². The minimum atomic E-state index is -0.725. The van der Waals surface area contributed by atoms with E-state index in [1.165, 1.54) is 6.07 Å². The highest BCUT2D eigenvalue weighted by Crippen LogP contribution is 2.16. The zero-order valence-corrected chi connectivity index (χ0v) is 7.41. The minimum absolute atomic E-state index is 0.447. The maximum Gasteiger partial charge on any atom is 0.144 e. The summed E-state index contributed by atoms with van der Waals surface area (Å²) in [6.45, 7) is 2.65. The SMILES string of the molecule is CCN.Fc1cccc(F)c1Cl. The quantitative estimate of drug-likeness (QED) is 0.630. The normalized spacial score (nSPS) is 8.75. The number of hydrogen-bond acceptors (Lipinski definition) is 1. The molecule has 0 atom stereocenters. The molecule has 0 fully saturated rings. The van der Waals surface area contributed by atoms with Crippen LogP contribution < -0.4 is 5.73 Å². The van der Waals surface area contributed by atoms with Crippen LogP contribution in [0.5, 0.6) is 0 Å². The molecule has 0 aliphatic rings. The van der Waals surface area contributed by atoms with Crippen LogP contribution in [0.25, 0.3) is 0 Å². The molecule has 0 aliphatic heterocycles. The van der Waals surface area contributed by atoms with Crippen molar-refractivity contribution < 1.29 is 8.78 Å². The van der Waals surface area contributed by atoms with Gasteiger partial charge >= 0.3 is 0 Å². The first-order valence-corrected chi connectivity index (χ1v) is 3.80. The van der Waals surface area contributed by atoms with Crippen LogP contribution in [0.4, 0.5) is 8.78 Å². The third kappa shape index (κ3) is 3.64. The highest BCUT2D eigenvalue weighted by molar-refractivity contribution is 6.30. The van der Waals surface area contributed by atoms with E-state index < -0.39 is 16.7 Å². The maximum absolute atomic E-state index is 12.2. The summed E-state index contributed by atoms with van der Waals surface area (Å²) in [5.74, 6) is -1.45. The second-order valence-corrected chi connectivity index (χ2v) is 2.32. The zero-order valence-electron chi connectivity index (χ0n) is 6.65. The molecular formula is C8H10ClF2N. The summed E-state index contributed by atoms with van der Waals surface area (Å²) in [4.78, 5) is 0. The van der Waals surface area contributed by atoms with E-state index in [0.717, 1.165) is 18.7 Å². The van der Waals surface area contributed by atoms with Gasteiger partial charge in [-0.15, -0.1) is 0 Å². The molecule has 1 nitrogen and oxygen atoms in total. The van der Waals surface area contributed by atoms with Crippen LogP contribution in [0.2, 0.25) is 5.02 Å². The summed E-state index contributed by atoms with van der Waals surface area (Å²) in [5.41, 5.74) is 4.85. The molecule has 0 bridgehead atoms. The molecule has 1 aromatic rings. The Hall–Kier alpha value is -0.670. The van der Waals surface area contributed by atoms with Crippen molar-refractivity contribution in [3.05, 3.63) is 34.9 Å². The molecule has 0 radical (unpaired) electrons. The van der Waals surface area contributed by atoms with Crippen molar-refractivity contribution in [1.82, 2.24) is 0 Å². The zero-order chi connectivity index (χ0) is 9.56. The summed E-state index contributed by atoms with van der Waals surface area (Å²) in [5, 5.41) is -0.447. The number of rotatable bonds is 0. The molecule has 1 aromatic carbocycles. The Morgan fingerprint density at radius 3 is 1.92 bits per heavy atom. The van der Waals surface area contributed by atoms with Crippen molar-refractivity contribution in [3.63, 3.8) is 0 Å². The van der Waals surface area contributed by atoms with Gasteiger partial charge in [-0.05, 0) is 18.7 Å². The van der Waals surface area contributed by atoms with Crippen molar-refractivity contribution >= 4 is 11.6 Å². The van der Waals surface area contributed by atoms with Gasteiger partial charge < -0.3 is 5.73 Å². The predicted octanol–water partition coefficient (Wildman–Crippen LogP) is 2.58. The Morgan fingerprint density at radius 1 is 1.33 bits per heavy atom. The summed E-state index contributed by atoms with van der Waals surface area (Å²) < 4.78 is 24.4. The largest absolute Gasteiger partial charge is 0.331 e. The summed E-state index contributed by atoms with van der Waals surface area (Å²) >= 11 is 5.13. The third-order valence-corrected chi connectivity index (χ3v) is 1.27. The lowest BCUT2D eigenvalue weighted by atomic mass is 10.3. The van der Waals surface area contributed by atoms with Gasteiger partial charge in [0.15, 0.2) is 0 Å². The summed E-state index contributed by atoms with van der Waals surface area (Å²) in [6, 6.07) is 3.47. The van der Waals surface area contributed by atoms with Gasteiger partial charge in [0.05, 0.1) is 0 Å². The highest BCUT2D eigenvalue weighted by Gasteiger charge is 2.02. The van der Waals surface area contributed by atoms with Crippen LogP contribution in [0.15, 0.2) is 18.2 Å². The average molecular weight is 194 g/mol. The van der Waals surface area contributed by atoms with Crippen molar-refractivity contribution in [2.75, 3.05) is 6.54 Å². The fourth-order valence-electron chi connectivity index (χ4n) is 0.477. The van der Waals surface area contributed by atoms with E-state index in [1.807, 2.05) is 6.92 Å². The molecule has 1 rings (SSSR count). The lowest BCUT2D eigenvalue weighted by Crippen LogP contribution is -1.87. The molecule has 68 valence electrons. The Bertz CT molecular complexity index is 220. The standard InChI is InChI=1S/C6H3ClF2.C2H7N/c7-6-4(8)2-1-3-5(6)9;1-2-3/h1-3H;2-3H2,1H3. The fraction of sp³-hybridized carbons (Fsp3) is 0.250. The first-order chi connectivity index (χ1) is 5.63. The number of hydrogen-bond donors (Lipinski definition) is 1. The molecule has 0 aliphatic carbocycles. The predicted molar refractivity (Wildman–Crippen MR) is 46.1 cm³/mol. The number of halogens is 3. The van der Waals surface area contributed by atoms with Crippen molar-refractivity contribution in [2.45, 2.75) is 6.92 Å². The molecule has 12 heavy (non-hydrogen) atoms. The van der Waals surface area contributed by atoms with Gasteiger partial charge in [-0.2, -0.15) is 0 Å². The Labute approximate surface area is 75.1 Å². The van der Waals surface area contributed by atoms with Crippen LogP contribution in [-0.2, 0) is 0 Å². The third-order valence-electron chi connectivity index (χ3n) is 0.904. The lowest BCUT2D eigenvalue weighted by Gasteiger charge is -1.91. The molecule has 0 spiro atoms. The minimum Gasteiger partial charge on any atom is -0.331 e. The molecule has 0 amide bonds. The van der Waals surface area contributed by atoms with E-state index in [4.69, 9.17) is 17.3 Å². The maximum atomic E-state index is 12.2. The van der Waals surface area contributed by atoms with Crippen molar-refractivity contribution in [3.8, 4) is 0 Å². The van der Waals surface area contributed by atoms with E-state index in [2.05, 4.69) is 0 Å². The van der Waals surface area contributed by atoms with Crippen LogP contribution in [0.1, 0.15) is 6.92 Å². The van der Waals surface area contributed by atoms with Gasteiger partial charge in [0, 0.05) is 0 Å². The van der Waals surface area contributed by atoms with Gasteiger partial charge in [0.2, 0.25) is 0 Å². The first kappa shape index (κ1) is 11.3. The van der Waals surface area contributed by atoms with Gasteiger partial charge in [-0.25, -0.2) is 8.78 Å². The lowest BCUT2D eigenvalue weighted by molar-refractivity contribution is 0.584. The Balaban J connectivity index is 0.000000354. The first-order valence-electron chi connectivity index (χ1n) is 3.43. The second-order valence-electron chi connectivity index (χ2n) is 1.94. The Morgan fingerprint density at radius 2 is 1.67 bits per heavy atom. The van der Waals surface area contributed by atoms with E-state index in [1.54, 1.807) is 0 Å². The fourth-order valence-corrected chi connectivity index (χ4v) is 0.603. The molecule has 0 heterocycles. The molecule has 0 saturated heterocycles. The van der Waals surface area contributed by atoms with Crippen molar-refractivity contribution in [1.29, 1.82) is 0 Å². The van der Waals surface area contributed by atoms with Crippen LogP contribution >= 0.6 is 11.6 Å². The van der Waals surface area contributed by atoms with Crippen LogP contribution in [0, 0.1) is 11.6 Å². The number of nitrogens with two attached hydrogens (primary N) is 1. The highest BCUT2D eigenvalue weighted by atomic mass is 35.5. The number of benzene rings is 1. The average Bonchev–Trinajstić information content (AvgIpc) is 2.02. The smallest absolute Gasteiger partial charge is 0.144 e. The monoisotopic (exact) mass is 193 g/mol. The molecule has 0 aromatic heterocycles. The van der Waals surface area contributed by atoms with E-state index >= 15 is 0 Å². The van der Waals surface area contributed by atoms with E-state index in [9.17, 15) is 8.78 Å². The van der Waals surface area contributed by atoms with E-state index in [-0.39, 0.29) is 0 Å². The summed E-state index contributed by atoms with van der Waals surface area (Å²) in [6.07, 6.45) is 0. The second kappa shape index (κ2) is 5.91. The topological polar surface area (TPSA) is 26.0 Å². The van der Waals surface area contributed by atoms with Crippen LogP contribution in [0.3, 0.4) is 0 Å². The molecule has 4 heteroatoms. The molecule has 0 saturated carbocycles. The van der Waals surface area contributed by atoms with Gasteiger partial charge in [0.25, 0.3) is 0 Å². The Kier molecular flexibility index (Phi) is 5.58.